The van der Waals surface area contributed by atoms with Crippen molar-refractivity contribution in [1.82, 2.24) is 14.5 Å². The highest BCUT2D eigenvalue weighted by molar-refractivity contribution is 5.78. The van der Waals surface area contributed by atoms with E-state index in [-0.39, 0.29) is 31.0 Å². The van der Waals surface area contributed by atoms with Gasteiger partial charge in [0.2, 0.25) is 5.91 Å². The average Bonchev–Trinajstić information content (AvgIpc) is 2.83. The number of amides is 1. The Morgan fingerprint density at radius 2 is 1.65 bits per heavy atom. The second kappa shape index (κ2) is 8.21. The highest BCUT2D eigenvalue weighted by Gasteiger charge is 2.22. The van der Waals surface area contributed by atoms with Crippen molar-refractivity contribution in [1.29, 1.82) is 0 Å². The summed E-state index contributed by atoms with van der Waals surface area (Å²) in [4.78, 5) is 35.7. The van der Waals surface area contributed by atoms with Gasteiger partial charge in [0.25, 0.3) is 0 Å². The molecule has 7 heteroatoms. The van der Waals surface area contributed by atoms with Gasteiger partial charge < -0.3 is 10.4 Å². The van der Waals surface area contributed by atoms with Crippen LogP contribution in [0.5, 0.6) is 0 Å². The van der Waals surface area contributed by atoms with Gasteiger partial charge >= 0.3 is 11.7 Å². The molecule has 2 N–H and O–H groups in total. The highest BCUT2D eigenvalue weighted by atomic mass is 16.4. The van der Waals surface area contributed by atoms with Gasteiger partial charge in [0.1, 0.15) is 0 Å². The van der Waals surface area contributed by atoms with Crippen LogP contribution >= 0.6 is 0 Å². The van der Waals surface area contributed by atoms with Crippen molar-refractivity contribution in [2.24, 2.45) is 0 Å². The summed E-state index contributed by atoms with van der Waals surface area (Å²) in [5.41, 5.74) is 0.993. The zero-order valence-electron chi connectivity index (χ0n) is 15.6. The normalized spacial score (nSPS) is 11.7. The van der Waals surface area contributed by atoms with Crippen LogP contribution in [0.1, 0.15) is 46.5 Å². The molecule has 0 fully saturated rings. The molecule has 0 aliphatic carbocycles. The van der Waals surface area contributed by atoms with Crippen molar-refractivity contribution in [2.75, 3.05) is 0 Å². The van der Waals surface area contributed by atoms with Crippen LogP contribution in [-0.2, 0) is 22.7 Å². The van der Waals surface area contributed by atoms with Gasteiger partial charge in [-0.1, -0.05) is 19.1 Å². The van der Waals surface area contributed by atoms with Crippen molar-refractivity contribution >= 4 is 22.9 Å². The number of fused-ring (bicyclic) bond motifs is 1. The molecular formula is C19H27N3O4. The topological polar surface area (TPSA) is 93.3 Å². The van der Waals surface area contributed by atoms with Crippen LogP contribution in [0.3, 0.4) is 0 Å². The van der Waals surface area contributed by atoms with Crippen LogP contribution < -0.4 is 11.0 Å². The fourth-order valence-electron chi connectivity index (χ4n) is 3.06. The summed E-state index contributed by atoms with van der Waals surface area (Å²) in [6.07, 6.45) is 1.36. The Kier molecular flexibility index (Phi) is 6.23. The first kappa shape index (κ1) is 19.8. The Labute approximate surface area is 152 Å². The van der Waals surface area contributed by atoms with Crippen molar-refractivity contribution < 1.29 is 14.7 Å². The van der Waals surface area contributed by atoms with E-state index in [2.05, 4.69) is 5.32 Å². The first-order valence-corrected chi connectivity index (χ1v) is 8.96. The summed E-state index contributed by atoms with van der Waals surface area (Å²) < 4.78 is 3.37. The molecule has 1 aromatic carbocycles. The number of carboxylic acids is 1. The van der Waals surface area contributed by atoms with Crippen LogP contribution in [0.2, 0.25) is 0 Å². The maximum atomic E-state index is 12.7. The van der Waals surface area contributed by atoms with Gasteiger partial charge in [0, 0.05) is 31.5 Å². The van der Waals surface area contributed by atoms with Crippen LogP contribution in [-0.4, -0.2) is 31.7 Å². The molecule has 1 heterocycles. The van der Waals surface area contributed by atoms with E-state index < -0.39 is 11.5 Å². The Hall–Kier alpha value is -2.57. The van der Waals surface area contributed by atoms with E-state index in [0.717, 1.165) is 17.5 Å². The standard InChI is InChI=1S/C19H27N3O4/c1-4-12-21-14-7-5-6-8-15(14)22(18(21)26)13-10-16(23)20-19(2,3)11-9-17(24)25/h5-8H,4,9-13H2,1-3H3,(H,20,23)(H,24,25). The van der Waals surface area contributed by atoms with Crippen LogP contribution in [0, 0.1) is 0 Å². The zero-order valence-corrected chi connectivity index (χ0v) is 15.6. The van der Waals surface area contributed by atoms with Crippen molar-refractivity contribution in [2.45, 2.75) is 65.1 Å². The average molecular weight is 361 g/mol. The van der Waals surface area contributed by atoms with Gasteiger partial charge in [-0.2, -0.15) is 0 Å². The lowest BCUT2D eigenvalue weighted by Crippen LogP contribution is -2.44. The van der Waals surface area contributed by atoms with Crippen LogP contribution in [0.4, 0.5) is 0 Å². The third kappa shape index (κ3) is 4.74. The first-order chi connectivity index (χ1) is 12.2. The fourth-order valence-corrected chi connectivity index (χ4v) is 3.06. The van der Waals surface area contributed by atoms with E-state index >= 15 is 0 Å². The fraction of sp³-hybridized carbons (Fsp3) is 0.526. The Morgan fingerprint density at radius 1 is 1.08 bits per heavy atom. The zero-order chi connectivity index (χ0) is 19.3. The van der Waals surface area contributed by atoms with E-state index in [4.69, 9.17) is 5.11 Å². The number of aryl methyl sites for hydroxylation is 2. The number of hydrogen-bond acceptors (Lipinski definition) is 3. The third-order valence-electron chi connectivity index (χ3n) is 4.38. The molecule has 0 radical (unpaired) electrons. The van der Waals surface area contributed by atoms with Crippen molar-refractivity contribution in [3.8, 4) is 0 Å². The van der Waals surface area contributed by atoms with E-state index in [1.807, 2.05) is 31.2 Å². The molecular weight excluding hydrogens is 334 g/mol. The van der Waals surface area contributed by atoms with E-state index in [0.29, 0.717) is 13.0 Å². The number of benzene rings is 1. The summed E-state index contributed by atoms with van der Waals surface area (Å²) >= 11 is 0. The summed E-state index contributed by atoms with van der Waals surface area (Å²) in [6.45, 7) is 6.54. The number of hydrogen-bond donors (Lipinski definition) is 2. The molecule has 2 rings (SSSR count). The second-order valence-electron chi connectivity index (χ2n) is 7.15. The number of nitrogens with one attached hydrogen (secondary N) is 1. The molecule has 0 bridgehead atoms. The molecule has 0 atom stereocenters. The molecule has 0 aliphatic heterocycles. The molecule has 2 aromatic rings. The van der Waals surface area contributed by atoms with E-state index in [1.165, 1.54) is 0 Å². The van der Waals surface area contributed by atoms with Crippen LogP contribution in [0.15, 0.2) is 29.1 Å². The Morgan fingerprint density at radius 3 is 2.19 bits per heavy atom. The molecule has 142 valence electrons. The number of nitrogens with zero attached hydrogens (tertiary/aromatic N) is 2. The molecule has 1 aromatic heterocycles. The minimum absolute atomic E-state index is 0.00273. The Bertz CT molecular complexity index is 848. The number of para-hydroxylation sites is 2. The quantitative estimate of drug-likeness (QED) is 0.717. The molecule has 0 spiro atoms. The largest absolute Gasteiger partial charge is 0.481 e. The monoisotopic (exact) mass is 361 g/mol. The molecule has 0 aliphatic rings. The van der Waals surface area contributed by atoms with Gasteiger partial charge in [0.15, 0.2) is 0 Å². The molecule has 1 amide bonds. The number of carbonyl (C=O) groups is 2. The maximum Gasteiger partial charge on any atom is 0.329 e. The molecule has 0 saturated carbocycles. The second-order valence-corrected chi connectivity index (χ2v) is 7.15. The summed E-state index contributed by atoms with van der Waals surface area (Å²) in [5.74, 6) is -1.08. The van der Waals surface area contributed by atoms with E-state index in [1.54, 1.807) is 23.0 Å². The van der Waals surface area contributed by atoms with Crippen molar-refractivity contribution in [3.63, 3.8) is 0 Å². The lowest BCUT2D eigenvalue weighted by atomic mass is 9.98. The number of aliphatic carboxylic acids is 1. The molecule has 0 unspecified atom stereocenters. The summed E-state index contributed by atoms with van der Waals surface area (Å²) in [6, 6.07) is 7.58. The first-order valence-electron chi connectivity index (χ1n) is 8.96. The SMILES string of the molecule is CCCn1c(=O)n(CCC(=O)NC(C)(C)CCC(=O)O)c2ccccc21. The van der Waals surface area contributed by atoms with Gasteiger partial charge in [0.05, 0.1) is 11.0 Å². The Balaban J connectivity index is 2.10. The highest BCUT2D eigenvalue weighted by Crippen LogP contribution is 2.15. The number of imidazole rings is 1. The predicted octanol–water partition coefficient (Wildman–Crippen LogP) is 2.36. The number of aromatic nitrogens is 2. The minimum Gasteiger partial charge on any atom is -0.481 e. The predicted molar refractivity (Wildman–Crippen MR) is 100 cm³/mol. The van der Waals surface area contributed by atoms with Crippen molar-refractivity contribution in [3.05, 3.63) is 34.7 Å². The summed E-state index contributed by atoms with van der Waals surface area (Å²) in [7, 11) is 0. The van der Waals surface area contributed by atoms with E-state index in [9.17, 15) is 14.4 Å². The van der Waals surface area contributed by atoms with Gasteiger partial charge in [-0.05, 0) is 38.8 Å². The summed E-state index contributed by atoms with van der Waals surface area (Å²) in [5, 5.41) is 11.6. The number of carbonyl (C=O) groups excluding carboxylic acids is 1. The third-order valence-corrected chi connectivity index (χ3v) is 4.38. The van der Waals surface area contributed by atoms with Crippen LogP contribution in [0.25, 0.3) is 11.0 Å². The lowest BCUT2D eigenvalue weighted by molar-refractivity contribution is -0.137. The molecule has 7 nitrogen and oxygen atoms in total. The molecule has 0 saturated heterocycles. The minimum atomic E-state index is -0.886. The smallest absolute Gasteiger partial charge is 0.329 e. The van der Waals surface area contributed by atoms with Gasteiger partial charge in [-0.3, -0.25) is 18.7 Å². The maximum absolute atomic E-state index is 12.7. The molecule has 26 heavy (non-hydrogen) atoms. The van der Waals surface area contributed by atoms with Gasteiger partial charge in [-0.15, -0.1) is 0 Å². The number of carboxylic acid groups (broad SMARTS) is 1. The van der Waals surface area contributed by atoms with Gasteiger partial charge in [-0.25, -0.2) is 4.79 Å². The lowest BCUT2D eigenvalue weighted by Gasteiger charge is -2.25. The number of rotatable bonds is 9.